The third kappa shape index (κ3) is 4.09. The first-order chi connectivity index (χ1) is 7.29. The maximum absolute atomic E-state index is 9.50. The maximum Gasteiger partial charge on any atom is 0.110 e. The summed E-state index contributed by atoms with van der Waals surface area (Å²) < 4.78 is 11.2. The zero-order valence-electron chi connectivity index (χ0n) is 9.95. The molecule has 0 amide bonds. The Balaban J connectivity index is 2.08. The second-order valence-electron chi connectivity index (χ2n) is 4.25. The standard InChI is InChI=1S/C12H24O3/c1-3-5-6-8-14-11-9-10(13)12(11)15-7-4-2/h10-13H,3-9H2,1-2H3. The molecule has 1 fully saturated rings. The summed E-state index contributed by atoms with van der Waals surface area (Å²) in [5.74, 6) is 0. The van der Waals surface area contributed by atoms with Gasteiger partial charge in [-0.1, -0.05) is 26.7 Å². The van der Waals surface area contributed by atoms with E-state index in [1.807, 2.05) is 0 Å². The van der Waals surface area contributed by atoms with Crippen LogP contribution in [-0.4, -0.2) is 36.6 Å². The van der Waals surface area contributed by atoms with Gasteiger partial charge in [-0.05, 0) is 12.8 Å². The van der Waals surface area contributed by atoms with Crippen molar-refractivity contribution in [2.75, 3.05) is 13.2 Å². The summed E-state index contributed by atoms with van der Waals surface area (Å²) in [7, 11) is 0. The molecular weight excluding hydrogens is 192 g/mol. The molecule has 0 radical (unpaired) electrons. The monoisotopic (exact) mass is 216 g/mol. The van der Waals surface area contributed by atoms with Gasteiger partial charge in [0.15, 0.2) is 0 Å². The average Bonchev–Trinajstić information content (AvgIpc) is 2.23. The van der Waals surface area contributed by atoms with Gasteiger partial charge in [0.25, 0.3) is 0 Å². The van der Waals surface area contributed by atoms with E-state index < -0.39 is 0 Å². The van der Waals surface area contributed by atoms with E-state index in [1.54, 1.807) is 0 Å². The predicted octanol–water partition coefficient (Wildman–Crippen LogP) is 2.12. The zero-order valence-corrected chi connectivity index (χ0v) is 9.95. The molecule has 1 saturated carbocycles. The largest absolute Gasteiger partial charge is 0.390 e. The van der Waals surface area contributed by atoms with Gasteiger partial charge in [0.05, 0.1) is 12.2 Å². The van der Waals surface area contributed by atoms with E-state index in [2.05, 4.69) is 13.8 Å². The number of hydrogen-bond acceptors (Lipinski definition) is 3. The molecule has 0 aromatic rings. The summed E-state index contributed by atoms with van der Waals surface area (Å²) in [5, 5.41) is 9.50. The van der Waals surface area contributed by atoms with Crippen LogP contribution in [0.3, 0.4) is 0 Å². The van der Waals surface area contributed by atoms with Gasteiger partial charge < -0.3 is 14.6 Å². The van der Waals surface area contributed by atoms with Crippen LogP contribution in [0.5, 0.6) is 0 Å². The number of hydrogen-bond donors (Lipinski definition) is 1. The summed E-state index contributed by atoms with van der Waals surface area (Å²) in [5.41, 5.74) is 0. The third-order valence-corrected chi connectivity index (χ3v) is 2.81. The van der Waals surface area contributed by atoms with Crippen molar-refractivity contribution in [3.8, 4) is 0 Å². The maximum atomic E-state index is 9.50. The fraction of sp³-hybridized carbons (Fsp3) is 1.00. The minimum absolute atomic E-state index is 0.0772. The van der Waals surface area contributed by atoms with Crippen molar-refractivity contribution in [1.29, 1.82) is 0 Å². The topological polar surface area (TPSA) is 38.7 Å². The van der Waals surface area contributed by atoms with Crippen LogP contribution >= 0.6 is 0 Å². The molecule has 0 aromatic heterocycles. The second-order valence-corrected chi connectivity index (χ2v) is 4.25. The molecule has 3 unspecified atom stereocenters. The Morgan fingerprint density at radius 3 is 2.47 bits per heavy atom. The Labute approximate surface area is 92.8 Å². The van der Waals surface area contributed by atoms with Crippen LogP contribution in [0.25, 0.3) is 0 Å². The van der Waals surface area contributed by atoms with Gasteiger partial charge >= 0.3 is 0 Å². The molecule has 0 heterocycles. The summed E-state index contributed by atoms with van der Waals surface area (Å²) in [6.07, 6.45) is 5.01. The summed E-state index contributed by atoms with van der Waals surface area (Å²) in [6.45, 7) is 5.77. The van der Waals surface area contributed by atoms with Crippen LogP contribution < -0.4 is 0 Å². The van der Waals surface area contributed by atoms with Gasteiger partial charge in [0.1, 0.15) is 6.10 Å². The molecule has 1 rings (SSSR count). The quantitative estimate of drug-likeness (QED) is 0.632. The van der Waals surface area contributed by atoms with Crippen molar-refractivity contribution < 1.29 is 14.6 Å². The first-order valence-corrected chi connectivity index (χ1v) is 6.20. The lowest BCUT2D eigenvalue weighted by Gasteiger charge is -2.40. The van der Waals surface area contributed by atoms with Gasteiger partial charge in [0, 0.05) is 19.6 Å². The number of ether oxygens (including phenoxy) is 2. The number of rotatable bonds is 8. The van der Waals surface area contributed by atoms with Gasteiger partial charge in [0.2, 0.25) is 0 Å². The predicted molar refractivity (Wildman–Crippen MR) is 59.9 cm³/mol. The van der Waals surface area contributed by atoms with E-state index in [0.717, 1.165) is 32.5 Å². The van der Waals surface area contributed by atoms with Crippen molar-refractivity contribution in [2.45, 2.75) is 64.3 Å². The van der Waals surface area contributed by atoms with E-state index in [1.165, 1.54) is 12.8 Å². The Hall–Kier alpha value is -0.120. The fourth-order valence-electron chi connectivity index (χ4n) is 1.78. The lowest BCUT2D eigenvalue weighted by Crippen LogP contribution is -2.53. The number of unbranched alkanes of at least 4 members (excludes halogenated alkanes) is 2. The van der Waals surface area contributed by atoms with Gasteiger partial charge in [-0.3, -0.25) is 0 Å². The molecule has 3 heteroatoms. The lowest BCUT2D eigenvalue weighted by atomic mass is 9.88. The Morgan fingerprint density at radius 2 is 1.87 bits per heavy atom. The van der Waals surface area contributed by atoms with Gasteiger partial charge in [-0.25, -0.2) is 0 Å². The van der Waals surface area contributed by atoms with Crippen molar-refractivity contribution in [1.82, 2.24) is 0 Å². The first kappa shape index (κ1) is 12.9. The highest BCUT2D eigenvalue weighted by atomic mass is 16.6. The molecule has 1 aliphatic carbocycles. The Kier molecular flexibility index (Phi) is 6.22. The van der Waals surface area contributed by atoms with Crippen molar-refractivity contribution in [3.05, 3.63) is 0 Å². The zero-order chi connectivity index (χ0) is 11.1. The van der Waals surface area contributed by atoms with Crippen LogP contribution in [0.2, 0.25) is 0 Å². The molecular formula is C12H24O3. The first-order valence-electron chi connectivity index (χ1n) is 6.20. The van der Waals surface area contributed by atoms with Gasteiger partial charge in [-0.2, -0.15) is 0 Å². The molecule has 3 nitrogen and oxygen atoms in total. The van der Waals surface area contributed by atoms with E-state index in [0.29, 0.717) is 0 Å². The Morgan fingerprint density at radius 1 is 1.07 bits per heavy atom. The van der Waals surface area contributed by atoms with Crippen molar-refractivity contribution in [2.24, 2.45) is 0 Å². The highest BCUT2D eigenvalue weighted by Crippen LogP contribution is 2.27. The number of aliphatic hydroxyl groups excluding tert-OH is 1. The molecule has 0 aliphatic heterocycles. The molecule has 15 heavy (non-hydrogen) atoms. The average molecular weight is 216 g/mol. The van der Waals surface area contributed by atoms with Crippen molar-refractivity contribution in [3.63, 3.8) is 0 Å². The molecule has 0 saturated heterocycles. The SMILES string of the molecule is CCCCCOC1CC(O)C1OCCC. The van der Waals surface area contributed by atoms with Crippen molar-refractivity contribution >= 4 is 0 Å². The van der Waals surface area contributed by atoms with Crippen LogP contribution in [-0.2, 0) is 9.47 Å². The van der Waals surface area contributed by atoms with Crippen LogP contribution in [0.4, 0.5) is 0 Å². The molecule has 1 aliphatic rings. The summed E-state index contributed by atoms with van der Waals surface area (Å²) in [6, 6.07) is 0. The molecule has 0 bridgehead atoms. The molecule has 3 atom stereocenters. The second kappa shape index (κ2) is 7.20. The van der Waals surface area contributed by atoms with Crippen LogP contribution in [0.15, 0.2) is 0 Å². The summed E-state index contributed by atoms with van der Waals surface area (Å²) >= 11 is 0. The van der Waals surface area contributed by atoms with E-state index in [-0.39, 0.29) is 18.3 Å². The summed E-state index contributed by atoms with van der Waals surface area (Å²) in [4.78, 5) is 0. The van der Waals surface area contributed by atoms with E-state index in [9.17, 15) is 5.11 Å². The minimum Gasteiger partial charge on any atom is -0.390 e. The highest BCUT2D eigenvalue weighted by molar-refractivity contribution is 4.91. The Bertz CT molecular complexity index is 161. The lowest BCUT2D eigenvalue weighted by molar-refractivity contribution is -0.192. The van der Waals surface area contributed by atoms with Gasteiger partial charge in [-0.15, -0.1) is 0 Å². The third-order valence-electron chi connectivity index (χ3n) is 2.81. The van der Waals surface area contributed by atoms with Crippen LogP contribution in [0, 0.1) is 0 Å². The minimum atomic E-state index is -0.312. The van der Waals surface area contributed by atoms with E-state index in [4.69, 9.17) is 9.47 Å². The highest BCUT2D eigenvalue weighted by Gasteiger charge is 2.41. The molecule has 0 aromatic carbocycles. The molecule has 0 spiro atoms. The normalized spacial score (nSPS) is 30.2. The molecule has 1 N–H and O–H groups in total. The number of aliphatic hydroxyl groups is 1. The van der Waals surface area contributed by atoms with E-state index >= 15 is 0 Å². The smallest absolute Gasteiger partial charge is 0.110 e. The fourth-order valence-corrected chi connectivity index (χ4v) is 1.78. The molecule has 90 valence electrons. The van der Waals surface area contributed by atoms with Crippen LogP contribution in [0.1, 0.15) is 46.0 Å².